The van der Waals surface area contributed by atoms with Crippen LogP contribution < -0.4 is 0 Å². The fourth-order valence-electron chi connectivity index (χ4n) is 3.37. The normalized spacial score (nSPS) is 15.3. The average molecular weight is 352 g/mol. The lowest BCUT2D eigenvalue weighted by molar-refractivity contribution is 0.316. The highest BCUT2D eigenvalue weighted by Gasteiger charge is 2.25. The van der Waals surface area contributed by atoms with Crippen LogP contribution in [0.2, 0.25) is 5.02 Å². The van der Waals surface area contributed by atoms with E-state index in [1.807, 2.05) is 42.5 Å². The van der Waals surface area contributed by atoms with Crippen LogP contribution in [0.3, 0.4) is 0 Å². The Kier molecular flexibility index (Phi) is 4.28. The van der Waals surface area contributed by atoms with Crippen molar-refractivity contribution in [3.05, 3.63) is 76.4 Å². The zero-order valence-corrected chi connectivity index (χ0v) is 14.4. The SMILES string of the molecule is ON=C1CCc2c(c(-c3ccc(Cl)cc3)nn2Cc2ccccc2)C1. The molecule has 0 saturated heterocycles. The van der Waals surface area contributed by atoms with Crippen molar-refractivity contribution in [1.82, 2.24) is 9.78 Å². The van der Waals surface area contributed by atoms with E-state index in [2.05, 4.69) is 22.0 Å². The average Bonchev–Trinajstić information content (AvgIpc) is 3.01. The number of rotatable bonds is 3. The van der Waals surface area contributed by atoms with Gasteiger partial charge in [0.1, 0.15) is 0 Å². The molecule has 5 heteroatoms. The quantitative estimate of drug-likeness (QED) is 0.555. The van der Waals surface area contributed by atoms with Crippen molar-refractivity contribution in [2.45, 2.75) is 25.8 Å². The van der Waals surface area contributed by atoms with Gasteiger partial charge in [0.05, 0.1) is 18.0 Å². The Hall–Kier alpha value is -2.59. The monoisotopic (exact) mass is 351 g/mol. The van der Waals surface area contributed by atoms with Gasteiger partial charge in [-0.25, -0.2) is 0 Å². The van der Waals surface area contributed by atoms with Gasteiger partial charge in [-0.3, -0.25) is 4.68 Å². The van der Waals surface area contributed by atoms with Gasteiger partial charge in [0.2, 0.25) is 0 Å². The van der Waals surface area contributed by atoms with Crippen LogP contribution in [0, 0.1) is 0 Å². The molecular weight excluding hydrogens is 334 g/mol. The van der Waals surface area contributed by atoms with Crippen molar-refractivity contribution in [2.75, 3.05) is 0 Å². The maximum atomic E-state index is 9.20. The molecule has 25 heavy (non-hydrogen) atoms. The van der Waals surface area contributed by atoms with Gasteiger partial charge in [0.15, 0.2) is 0 Å². The minimum absolute atomic E-state index is 0.637. The number of aromatic nitrogens is 2. The molecule has 0 saturated carbocycles. The summed E-state index contributed by atoms with van der Waals surface area (Å²) in [6.45, 7) is 0.738. The fourth-order valence-corrected chi connectivity index (χ4v) is 3.49. The Morgan fingerprint density at radius 2 is 1.80 bits per heavy atom. The molecule has 0 spiro atoms. The van der Waals surface area contributed by atoms with E-state index in [-0.39, 0.29) is 0 Å². The minimum atomic E-state index is 0.637. The molecule has 0 aliphatic heterocycles. The third-order valence-electron chi connectivity index (χ3n) is 4.63. The van der Waals surface area contributed by atoms with Crippen molar-refractivity contribution in [3.63, 3.8) is 0 Å². The molecular formula is C20H18ClN3O. The lowest BCUT2D eigenvalue weighted by Crippen LogP contribution is -2.16. The molecule has 1 aromatic heterocycles. The Morgan fingerprint density at radius 3 is 2.52 bits per heavy atom. The van der Waals surface area contributed by atoms with Crippen LogP contribution in [0.25, 0.3) is 11.3 Å². The van der Waals surface area contributed by atoms with Crippen molar-refractivity contribution in [3.8, 4) is 11.3 Å². The minimum Gasteiger partial charge on any atom is -0.411 e. The van der Waals surface area contributed by atoms with Crippen molar-refractivity contribution in [1.29, 1.82) is 0 Å². The maximum absolute atomic E-state index is 9.20. The van der Waals surface area contributed by atoms with Gasteiger partial charge < -0.3 is 5.21 Å². The maximum Gasteiger partial charge on any atom is 0.0962 e. The van der Waals surface area contributed by atoms with E-state index in [1.54, 1.807) is 0 Å². The van der Waals surface area contributed by atoms with E-state index in [0.717, 1.165) is 41.9 Å². The van der Waals surface area contributed by atoms with Gasteiger partial charge in [0, 0.05) is 28.3 Å². The van der Waals surface area contributed by atoms with E-state index in [9.17, 15) is 5.21 Å². The summed E-state index contributed by atoms with van der Waals surface area (Å²) in [4.78, 5) is 0. The van der Waals surface area contributed by atoms with E-state index < -0.39 is 0 Å². The van der Waals surface area contributed by atoms with Gasteiger partial charge in [0.25, 0.3) is 0 Å². The summed E-state index contributed by atoms with van der Waals surface area (Å²) in [5.74, 6) is 0. The molecule has 2 aromatic carbocycles. The third-order valence-corrected chi connectivity index (χ3v) is 4.88. The highest BCUT2D eigenvalue weighted by Crippen LogP contribution is 2.31. The molecule has 1 N–H and O–H groups in total. The van der Waals surface area contributed by atoms with Crippen LogP contribution in [-0.4, -0.2) is 20.7 Å². The Bertz CT molecular complexity index is 914. The lowest BCUT2D eigenvalue weighted by atomic mass is 9.92. The van der Waals surface area contributed by atoms with Gasteiger partial charge >= 0.3 is 0 Å². The molecule has 1 aliphatic rings. The first-order valence-electron chi connectivity index (χ1n) is 8.33. The first kappa shape index (κ1) is 15.9. The smallest absolute Gasteiger partial charge is 0.0962 e. The zero-order valence-electron chi connectivity index (χ0n) is 13.7. The van der Waals surface area contributed by atoms with Crippen LogP contribution in [0.5, 0.6) is 0 Å². The summed E-state index contributed by atoms with van der Waals surface area (Å²) < 4.78 is 2.09. The molecule has 4 rings (SSSR count). The molecule has 1 aliphatic carbocycles. The van der Waals surface area contributed by atoms with Gasteiger partial charge in [-0.05, 0) is 30.5 Å². The molecule has 0 radical (unpaired) electrons. The Labute approximate surface area is 151 Å². The third kappa shape index (κ3) is 3.17. The topological polar surface area (TPSA) is 50.4 Å². The van der Waals surface area contributed by atoms with Crippen LogP contribution in [0.4, 0.5) is 0 Å². The first-order valence-corrected chi connectivity index (χ1v) is 8.70. The molecule has 0 unspecified atom stereocenters. The molecule has 4 nitrogen and oxygen atoms in total. The van der Waals surface area contributed by atoms with E-state index >= 15 is 0 Å². The van der Waals surface area contributed by atoms with Gasteiger partial charge in [-0.2, -0.15) is 5.10 Å². The number of oxime groups is 1. The van der Waals surface area contributed by atoms with Crippen LogP contribution >= 0.6 is 11.6 Å². The summed E-state index contributed by atoms with van der Waals surface area (Å²) in [7, 11) is 0. The highest BCUT2D eigenvalue weighted by molar-refractivity contribution is 6.30. The summed E-state index contributed by atoms with van der Waals surface area (Å²) >= 11 is 6.02. The predicted octanol–water partition coefficient (Wildman–Crippen LogP) is 4.57. The second kappa shape index (κ2) is 6.73. The summed E-state index contributed by atoms with van der Waals surface area (Å²) in [5.41, 5.74) is 6.38. The van der Waals surface area contributed by atoms with E-state index in [4.69, 9.17) is 16.7 Å². The molecule has 126 valence electrons. The van der Waals surface area contributed by atoms with Crippen molar-refractivity contribution < 1.29 is 5.21 Å². The standard InChI is InChI=1S/C20H18ClN3O/c21-16-8-6-15(7-9-16)20-18-12-17(23-25)10-11-19(18)24(22-20)13-14-4-2-1-3-5-14/h1-9,25H,10-13H2. The predicted molar refractivity (Wildman–Crippen MR) is 99.5 cm³/mol. The van der Waals surface area contributed by atoms with Crippen LogP contribution in [0.1, 0.15) is 23.2 Å². The summed E-state index contributed by atoms with van der Waals surface area (Å²) in [6.07, 6.45) is 2.24. The van der Waals surface area contributed by atoms with Gasteiger partial charge in [-0.1, -0.05) is 59.2 Å². The summed E-state index contributed by atoms with van der Waals surface area (Å²) in [5, 5.41) is 18.2. The second-order valence-corrected chi connectivity index (χ2v) is 6.70. The van der Waals surface area contributed by atoms with Gasteiger partial charge in [-0.15, -0.1) is 0 Å². The zero-order chi connectivity index (χ0) is 17.2. The number of nitrogens with zero attached hydrogens (tertiary/aromatic N) is 3. The number of fused-ring (bicyclic) bond motifs is 1. The Morgan fingerprint density at radius 1 is 1.04 bits per heavy atom. The Balaban J connectivity index is 1.79. The van der Waals surface area contributed by atoms with Crippen LogP contribution in [-0.2, 0) is 19.4 Å². The number of halogens is 1. The summed E-state index contributed by atoms with van der Waals surface area (Å²) in [6, 6.07) is 18.1. The van der Waals surface area contributed by atoms with E-state index in [1.165, 1.54) is 11.3 Å². The van der Waals surface area contributed by atoms with Crippen molar-refractivity contribution in [2.24, 2.45) is 5.16 Å². The van der Waals surface area contributed by atoms with E-state index in [0.29, 0.717) is 11.4 Å². The number of hydrogen-bond acceptors (Lipinski definition) is 3. The number of benzene rings is 2. The highest BCUT2D eigenvalue weighted by atomic mass is 35.5. The van der Waals surface area contributed by atoms with Crippen LogP contribution in [0.15, 0.2) is 59.8 Å². The molecule has 0 amide bonds. The molecule has 0 fully saturated rings. The molecule has 3 aromatic rings. The van der Waals surface area contributed by atoms with Crippen molar-refractivity contribution >= 4 is 17.3 Å². The largest absolute Gasteiger partial charge is 0.411 e. The lowest BCUT2D eigenvalue weighted by Gasteiger charge is -2.15. The number of hydrogen-bond donors (Lipinski definition) is 1. The molecule has 0 bridgehead atoms. The second-order valence-electron chi connectivity index (χ2n) is 6.27. The fraction of sp³-hybridized carbons (Fsp3) is 0.200. The molecule has 0 atom stereocenters. The first-order chi connectivity index (χ1) is 12.2. The molecule has 1 heterocycles.